The van der Waals surface area contributed by atoms with E-state index in [-0.39, 0.29) is 5.75 Å². The first kappa shape index (κ1) is 12.1. The van der Waals surface area contributed by atoms with Gasteiger partial charge in [0.05, 0.1) is 0 Å². The summed E-state index contributed by atoms with van der Waals surface area (Å²) in [7, 11) is 0. The molecular formula is C16H13N3O2. The van der Waals surface area contributed by atoms with Gasteiger partial charge in [-0.3, -0.25) is 4.98 Å². The van der Waals surface area contributed by atoms with Gasteiger partial charge in [0.15, 0.2) is 0 Å². The summed E-state index contributed by atoms with van der Waals surface area (Å²) in [5.74, 6) is 1.80. The van der Waals surface area contributed by atoms with Gasteiger partial charge in [0, 0.05) is 28.9 Å². The molecule has 0 saturated heterocycles. The van der Waals surface area contributed by atoms with E-state index in [2.05, 4.69) is 15.1 Å². The van der Waals surface area contributed by atoms with Crippen molar-refractivity contribution in [3.63, 3.8) is 0 Å². The second-order valence-corrected chi connectivity index (χ2v) is 5.21. The molecule has 1 fully saturated rings. The maximum atomic E-state index is 9.30. The van der Waals surface area contributed by atoms with E-state index >= 15 is 0 Å². The minimum atomic E-state index is 0.214. The lowest BCUT2D eigenvalue weighted by atomic mass is 10.2. The molecule has 104 valence electrons. The Morgan fingerprint density at radius 2 is 1.86 bits per heavy atom. The molecule has 4 rings (SSSR count). The standard InChI is InChI=1S/C16H13N3O2/c20-13-5-3-11(4-6-13)15-18-16(21-19-15)12-7-8-17-14(9-12)10-1-2-10/h3-10,20H,1-2H2. The van der Waals surface area contributed by atoms with Gasteiger partial charge in [-0.15, -0.1) is 0 Å². The van der Waals surface area contributed by atoms with E-state index in [1.807, 2.05) is 12.1 Å². The van der Waals surface area contributed by atoms with Crippen molar-refractivity contribution in [3.8, 4) is 28.6 Å². The highest BCUT2D eigenvalue weighted by molar-refractivity contribution is 5.60. The van der Waals surface area contributed by atoms with Gasteiger partial charge in [-0.1, -0.05) is 5.16 Å². The third-order valence-corrected chi connectivity index (χ3v) is 3.58. The van der Waals surface area contributed by atoms with E-state index in [9.17, 15) is 5.11 Å². The fourth-order valence-corrected chi connectivity index (χ4v) is 2.25. The van der Waals surface area contributed by atoms with Crippen molar-refractivity contribution in [2.45, 2.75) is 18.8 Å². The Hall–Kier alpha value is -2.69. The zero-order valence-corrected chi connectivity index (χ0v) is 11.2. The average molecular weight is 279 g/mol. The second kappa shape index (κ2) is 4.70. The Labute approximate surface area is 121 Å². The lowest BCUT2D eigenvalue weighted by Gasteiger charge is -1.98. The van der Waals surface area contributed by atoms with Crippen LogP contribution in [0.3, 0.4) is 0 Å². The molecule has 0 spiro atoms. The Balaban J connectivity index is 1.67. The van der Waals surface area contributed by atoms with Crippen LogP contribution in [0.15, 0.2) is 47.1 Å². The molecule has 1 aliphatic rings. The van der Waals surface area contributed by atoms with Gasteiger partial charge in [0.25, 0.3) is 5.89 Å². The van der Waals surface area contributed by atoms with Gasteiger partial charge in [-0.2, -0.15) is 4.98 Å². The maximum Gasteiger partial charge on any atom is 0.258 e. The molecule has 0 unspecified atom stereocenters. The van der Waals surface area contributed by atoms with Crippen LogP contribution in [-0.4, -0.2) is 20.2 Å². The van der Waals surface area contributed by atoms with Crippen LogP contribution in [0.1, 0.15) is 24.5 Å². The highest BCUT2D eigenvalue weighted by Gasteiger charge is 2.25. The molecule has 0 radical (unpaired) electrons. The van der Waals surface area contributed by atoms with Crippen LogP contribution in [-0.2, 0) is 0 Å². The van der Waals surface area contributed by atoms with Crippen LogP contribution < -0.4 is 0 Å². The van der Waals surface area contributed by atoms with E-state index in [1.54, 1.807) is 30.5 Å². The van der Waals surface area contributed by atoms with Gasteiger partial charge in [-0.05, 0) is 49.2 Å². The molecule has 5 heteroatoms. The van der Waals surface area contributed by atoms with E-state index in [0.29, 0.717) is 17.6 Å². The summed E-state index contributed by atoms with van der Waals surface area (Å²) in [5.41, 5.74) is 2.79. The minimum Gasteiger partial charge on any atom is -0.508 e. The fraction of sp³-hybridized carbons (Fsp3) is 0.188. The van der Waals surface area contributed by atoms with E-state index < -0.39 is 0 Å². The molecule has 1 N–H and O–H groups in total. The van der Waals surface area contributed by atoms with E-state index in [1.165, 1.54) is 12.8 Å². The number of phenols is 1. The Morgan fingerprint density at radius 3 is 2.62 bits per heavy atom. The number of aromatic nitrogens is 3. The predicted octanol–water partition coefficient (Wildman–Crippen LogP) is 3.38. The average Bonchev–Trinajstić information content (AvgIpc) is 3.26. The first-order valence-corrected chi connectivity index (χ1v) is 6.89. The number of rotatable bonds is 3. The number of aromatic hydroxyl groups is 1. The third kappa shape index (κ3) is 2.38. The molecule has 1 aliphatic carbocycles. The highest BCUT2D eigenvalue weighted by atomic mass is 16.5. The number of hydrogen-bond donors (Lipinski definition) is 1. The molecule has 3 aromatic rings. The van der Waals surface area contributed by atoms with Crippen LogP contribution in [0.25, 0.3) is 22.8 Å². The minimum absolute atomic E-state index is 0.214. The summed E-state index contributed by atoms with van der Waals surface area (Å²) < 4.78 is 5.34. The number of nitrogens with zero attached hydrogens (tertiary/aromatic N) is 3. The zero-order chi connectivity index (χ0) is 14.2. The van der Waals surface area contributed by atoms with E-state index in [0.717, 1.165) is 16.8 Å². The summed E-state index contributed by atoms with van der Waals surface area (Å²) in [6, 6.07) is 10.6. The van der Waals surface area contributed by atoms with Gasteiger partial charge in [0.2, 0.25) is 5.82 Å². The summed E-state index contributed by atoms with van der Waals surface area (Å²) >= 11 is 0. The topological polar surface area (TPSA) is 72.0 Å². The van der Waals surface area contributed by atoms with Crippen LogP contribution >= 0.6 is 0 Å². The molecule has 0 bridgehead atoms. The molecule has 2 aromatic heterocycles. The predicted molar refractivity (Wildman–Crippen MR) is 76.6 cm³/mol. The van der Waals surface area contributed by atoms with Gasteiger partial charge in [-0.25, -0.2) is 0 Å². The number of benzene rings is 1. The third-order valence-electron chi connectivity index (χ3n) is 3.58. The molecule has 1 saturated carbocycles. The molecule has 5 nitrogen and oxygen atoms in total. The summed E-state index contributed by atoms with van der Waals surface area (Å²) in [6.45, 7) is 0. The van der Waals surface area contributed by atoms with Crippen molar-refractivity contribution in [1.29, 1.82) is 0 Å². The van der Waals surface area contributed by atoms with E-state index in [4.69, 9.17) is 4.52 Å². The van der Waals surface area contributed by atoms with Crippen molar-refractivity contribution in [1.82, 2.24) is 15.1 Å². The lowest BCUT2D eigenvalue weighted by Crippen LogP contribution is -1.87. The van der Waals surface area contributed by atoms with Crippen LogP contribution in [0, 0.1) is 0 Å². The smallest absolute Gasteiger partial charge is 0.258 e. The SMILES string of the molecule is Oc1ccc(-c2noc(-c3ccnc(C4CC4)c3)n2)cc1. The second-order valence-electron chi connectivity index (χ2n) is 5.21. The lowest BCUT2D eigenvalue weighted by molar-refractivity contribution is 0.432. The van der Waals surface area contributed by atoms with Crippen molar-refractivity contribution >= 4 is 0 Å². The summed E-state index contributed by atoms with van der Waals surface area (Å²) in [4.78, 5) is 8.80. The van der Waals surface area contributed by atoms with Crippen molar-refractivity contribution < 1.29 is 9.63 Å². The number of phenolic OH excluding ortho intramolecular Hbond substituents is 1. The van der Waals surface area contributed by atoms with Crippen LogP contribution in [0.4, 0.5) is 0 Å². The maximum absolute atomic E-state index is 9.30. The van der Waals surface area contributed by atoms with Gasteiger partial charge >= 0.3 is 0 Å². The number of hydrogen-bond acceptors (Lipinski definition) is 5. The zero-order valence-electron chi connectivity index (χ0n) is 11.2. The Kier molecular flexibility index (Phi) is 2.70. The first-order chi connectivity index (χ1) is 10.3. The quantitative estimate of drug-likeness (QED) is 0.795. The van der Waals surface area contributed by atoms with Gasteiger partial charge < -0.3 is 9.63 Å². The van der Waals surface area contributed by atoms with Crippen molar-refractivity contribution in [3.05, 3.63) is 48.3 Å². The molecule has 1 aromatic carbocycles. The molecule has 2 heterocycles. The van der Waals surface area contributed by atoms with Crippen molar-refractivity contribution in [2.75, 3.05) is 0 Å². The highest BCUT2D eigenvalue weighted by Crippen LogP contribution is 2.39. The van der Waals surface area contributed by atoms with Crippen LogP contribution in [0.2, 0.25) is 0 Å². The molecule has 0 atom stereocenters. The van der Waals surface area contributed by atoms with Crippen molar-refractivity contribution in [2.24, 2.45) is 0 Å². The molecular weight excluding hydrogens is 266 g/mol. The summed E-state index contributed by atoms with van der Waals surface area (Å²) in [6.07, 6.45) is 4.20. The number of pyridine rings is 1. The normalized spacial score (nSPS) is 14.3. The van der Waals surface area contributed by atoms with Crippen LogP contribution in [0.5, 0.6) is 5.75 Å². The fourth-order valence-electron chi connectivity index (χ4n) is 2.25. The molecule has 21 heavy (non-hydrogen) atoms. The largest absolute Gasteiger partial charge is 0.508 e. The Morgan fingerprint density at radius 1 is 1.05 bits per heavy atom. The molecule has 0 aliphatic heterocycles. The molecule has 0 amide bonds. The monoisotopic (exact) mass is 279 g/mol. The first-order valence-electron chi connectivity index (χ1n) is 6.89. The van der Waals surface area contributed by atoms with Gasteiger partial charge in [0.1, 0.15) is 5.75 Å². The Bertz CT molecular complexity index is 776. The summed E-state index contributed by atoms with van der Waals surface area (Å²) in [5, 5.41) is 13.3.